The van der Waals surface area contributed by atoms with E-state index in [9.17, 15) is 4.79 Å². The molecule has 0 fully saturated rings. The Morgan fingerprint density at radius 1 is 0.800 bits per heavy atom. The second-order valence-electron chi connectivity index (χ2n) is 7.38. The Kier molecular flexibility index (Phi) is 4.56. The molecule has 0 N–H and O–H groups in total. The monoisotopic (exact) mass is 392 g/mol. The summed E-state index contributed by atoms with van der Waals surface area (Å²) in [6.07, 6.45) is 0. The fourth-order valence-electron chi connectivity index (χ4n) is 3.83. The van der Waals surface area contributed by atoms with Gasteiger partial charge in [0.05, 0.1) is 0 Å². The van der Waals surface area contributed by atoms with Gasteiger partial charge in [-0.05, 0) is 47.9 Å². The van der Waals surface area contributed by atoms with Crippen molar-refractivity contribution in [2.75, 3.05) is 0 Å². The highest BCUT2D eigenvalue weighted by Gasteiger charge is 2.18. The number of benzene rings is 4. The van der Waals surface area contributed by atoms with Gasteiger partial charge in [0.1, 0.15) is 23.7 Å². The molecule has 0 bridgehead atoms. The maximum Gasteiger partial charge on any atom is 0.182 e. The minimum absolute atomic E-state index is 0.0715. The molecular formula is C27H20O3. The van der Waals surface area contributed by atoms with Gasteiger partial charge in [0.25, 0.3) is 0 Å². The summed E-state index contributed by atoms with van der Waals surface area (Å²) in [5.41, 5.74) is 6.01. The topological polar surface area (TPSA) is 39.4 Å². The average Bonchev–Trinajstić information content (AvgIpc) is 2.77. The van der Waals surface area contributed by atoms with E-state index in [2.05, 4.69) is 19.1 Å². The van der Waals surface area contributed by atoms with Crippen LogP contribution in [0.2, 0.25) is 0 Å². The van der Waals surface area contributed by atoms with E-state index in [-0.39, 0.29) is 5.43 Å². The van der Waals surface area contributed by atoms with Crippen molar-refractivity contribution < 1.29 is 9.15 Å². The molecule has 0 unspecified atom stereocenters. The third kappa shape index (κ3) is 3.35. The van der Waals surface area contributed by atoms with Crippen LogP contribution in [-0.4, -0.2) is 0 Å². The standard InChI is InChI=1S/C27H20O3/c1-18-7-5-6-10-22(18)27-23-13-11-20(28)15-25(23)30-26-16-21(12-14-24(26)27)29-17-19-8-3-2-4-9-19/h2-16H,17H2,1H3. The molecule has 0 atom stereocenters. The summed E-state index contributed by atoms with van der Waals surface area (Å²) >= 11 is 0. The summed E-state index contributed by atoms with van der Waals surface area (Å²) in [6, 6.07) is 29.2. The lowest BCUT2D eigenvalue weighted by Crippen LogP contribution is -2.00. The normalized spacial score (nSPS) is 11.1. The molecule has 0 radical (unpaired) electrons. The van der Waals surface area contributed by atoms with Gasteiger partial charge in [-0.25, -0.2) is 0 Å². The molecular weight excluding hydrogens is 372 g/mol. The van der Waals surface area contributed by atoms with Crippen LogP contribution in [0.4, 0.5) is 0 Å². The van der Waals surface area contributed by atoms with Crippen LogP contribution in [0.3, 0.4) is 0 Å². The number of ether oxygens (including phenoxy) is 1. The lowest BCUT2D eigenvalue weighted by atomic mass is 9.91. The molecule has 1 aliphatic carbocycles. The Labute approximate surface area is 174 Å². The fourth-order valence-corrected chi connectivity index (χ4v) is 3.83. The predicted octanol–water partition coefficient (Wildman–Crippen LogP) is 6.45. The molecule has 0 spiro atoms. The summed E-state index contributed by atoms with van der Waals surface area (Å²) in [7, 11) is 0. The van der Waals surface area contributed by atoms with Crippen molar-refractivity contribution in [2.45, 2.75) is 13.5 Å². The third-order valence-corrected chi connectivity index (χ3v) is 5.33. The van der Waals surface area contributed by atoms with Crippen molar-refractivity contribution in [3.63, 3.8) is 0 Å². The minimum Gasteiger partial charge on any atom is -0.489 e. The highest BCUT2D eigenvalue weighted by Crippen LogP contribution is 2.41. The van der Waals surface area contributed by atoms with E-state index >= 15 is 0 Å². The molecule has 5 rings (SSSR count). The Bertz CT molecular complexity index is 1370. The Hall–Kier alpha value is -3.85. The number of rotatable bonds is 4. The molecule has 3 heteroatoms. The van der Waals surface area contributed by atoms with Gasteiger partial charge in [0.15, 0.2) is 5.43 Å². The van der Waals surface area contributed by atoms with Crippen LogP contribution in [0, 0.1) is 6.92 Å². The molecule has 146 valence electrons. The number of fused-ring (bicyclic) bond motifs is 2. The van der Waals surface area contributed by atoms with Crippen molar-refractivity contribution in [3.8, 4) is 28.2 Å². The molecule has 3 nitrogen and oxygen atoms in total. The van der Waals surface area contributed by atoms with Gasteiger partial charge in [-0.3, -0.25) is 4.79 Å². The Morgan fingerprint density at radius 3 is 2.43 bits per heavy atom. The third-order valence-electron chi connectivity index (χ3n) is 5.33. The molecule has 30 heavy (non-hydrogen) atoms. The van der Waals surface area contributed by atoms with E-state index < -0.39 is 0 Å². The highest BCUT2D eigenvalue weighted by atomic mass is 16.5. The van der Waals surface area contributed by atoms with Crippen molar-refractivity contribution >= 4 is 11.0 Å². The van der Waals surface area contributed by atoms with Crippen LogP contribution in [0.5, 0.6) is 5.75 Å². The largest absolute Gasteiger partial charge is 0.489 e. The van der Waals surface area contributed by atoms with Crippen LogP contribution in [0.25, 0.3) is 33.4 Å². The van der Waals surface area contributed by atoms with E-state index in [1.807, 2.05) is 66.7 Å². The van der Waals surface area contributed by atoms with Gasteiger partial charge >= 0.3 is 0 Å². The molecule has 1 aliphatic heterocycles. The first kappa shape index (κ1) is 18.2. The van der Waals surface area contributed by atoms with Gasteiger partial charge in [0.2, 0.25) is 0 Å². The van der Waals surface area contributed by atoms with Gasteiger partial charge in [0, 0.05) is 28.6 Å². The van der Waals surface area contributed by atoms with Crippen LogP contribution < -0.4 is 10.2 Å². The van der Waals surface area contributed by atoms with Gasteiger partial charge < -0.3 is 9.15 Å². The highest BCUT2D eigenvalue weighted by molar-refractivity contribution is 6.02. The summed E-state index contributed by atoms with van der Waals surface area (Å²) in [4.78, 5) is 12.0. The lowest BCUT2D eigenvalue weighted by molar-refractivity contribution is 0.306. The van der Waals surface area contributed by atoms with Crippen molar-refractivity contribution in [3.05, 3.63) is 112 Å². The quantitative estimate of drug-likeness (QED) is 0.330. The molecule has 1 heterocycles. The summed E-state index contributed by atoms with van der Waals surface area (Å²) in [5, 5.41) is 0.988. The molecule has 0 saturated carbocycles. The van der Waals surface area contributed by atoms with E-state index in [0.717, 1.165) is 33.4 Å². The van der Waals surface area contributed by atoms with Gasteiger partial charge in [-0.2, -0.15) is 0 Å². The number of hydrogen-bond donors (Lipinski definition) is 0. The van der Waals surface area contributed by atoms with E-state index in [1.54, 1.807) is 12.1 Å². The zero-order chi connectivity index (χ0) is 20.5. The first-order valence-corrected chi connectivity index (χ1v) is 9.92. The smallest absolute Gasteiger partial charge is 0.182 e. The lowest BCUT2D eigenvalue weighted by Gasteiger charge is -2.17. The average molecular weight is 392 g/mol. The number of aryl methyl sites for hydroxylation is 1. The minimum atomic E-state index is -0.0715. The first-order valence-electron chi connectivity index (χ1n) is 9.92. The first-order chi connectivity index (χ1) is 14.7. The van der Waals surface area contributed by atoms with Crippen molar-refractivity contribution in [1.29, 1.82) is 0 Å². The van der Waals surface area contributed by atoms with E-state index in [4.69, 9.17) is 9.15 Å². The van der Waals surface area contributed by atoms with Crippen molar-refractivity contribution in [1.82, 2.24) is 0 Å². The maximum atomic E-state index is 12.0. The summed E-state index contributed by atoms with van der Waals surface area (Å²) < 4.78 is 12.1. The SMILES string of the molecule is Cc1ccccc1-c1c2ccc(=O)cc-2oc2cc(OCc3ccccc3)ccc12. The second-order valence-corrected chi connectivity index (χ2v) is 7.38. The molecule has 3 aromatic carbocycles. The second kappa shape index (κ2) is 7.53. The van der Waals surface area contributed by atoms with Crippen LogP contribution in [0.1, 0.15) is 11.1 Å². The molecule has 0 aromatic heterocycles. The van der Waals surface area contributed by atoms with Gasteiger partial charge in [-0.1, -0.05) is 54.6 Å². The van der Waals surface area contributed by atoms with Crippen LogP contribution in [-0.2, 0) is 6.61 Å². The molecule has 3 aromatic rings. The Balaban J connectivity index is 1.67. The van der Waals surface area contributed by atoms with E-state index in [0.29, 0.717) is 18.0 Å². The maximum absolute atomic E-state index is 12.0. The predicted molar refractivity (Wildman–Crippen MR) is 120 cm³/mol. The molecule has 0 amide bonds. The van der Waals surface area contributed by atoms with Crippen molar-refractivity contribution in [2.24, 2.45) is 0 Å². The van der Waals surface area contributed by atoms with Crippen LogP contribution in [0.15, 0.2) is 100 Å². The fraction of sp³-hybridized carbons (Fsp3) is 0.0741. The Morgan fingerprint density at radius 2 is 1.60 bits per heavy atom. The van der Waals surface area contributed by atoms with Gasteiger partial charge in [-0.15, -0.1) is 0 Å². The summed E-state index contributed by atoms with van der Waals surface area (Å²) in [6.45, 7) is 2.58. The molecule has 0 saturated heterocycles. The zero-order valence-electron chi connectivity index (χ0n) is 16.6. The summed E-state index contributed by atoms with van der Waals surface area (Å²) in [5.74, 6) is 1.30. The number of hydrogen-bond acceptors (Lipinski definition) is 3. The molecule has 2 aliphatic rings. The van der Waals surface area contributed by atoms with E-state index in [1.165, 1.54) is 5.56 Å². The van der Waals surface area contributed by atoms with Crippen LogP contribution >= 0.6 is 0 Å². The zero-order valence-corrected chi connectivity index (χ0v) is 16.6.